The third kappa shape index (κ3) is 3.97. The molecule has 88 valence electrons. The van der Waals surface area contributed by atoms with E-state index in [0.29, 0.717) is 6.04 Å². The van der Waals surface area contributed by atoms with Crippen LogP contribution in [-0.2, 0) is 0 Å². The van der Waals surface area contributed by atoms with E-state index in [-0.39, 0.29) is 24.0 Å². The van der Waals surface area contributed by atoms with E-state index in [1.165, 1.54) is 18.4 Å². The highest BCUT2D eigenvalue weighted by Crippen LogP contribution is 2.25. The molecule has 0 atom stereocenters. The van der Waals surface area contributed by atoms with Crippen molar-refractivity contribution >= 4 is 46.6 Å². The molecule has 1 aromatic carbocycles. The number of nitrogens with one attached hydrogen (secondary N) is 1. The first-order valence-corrected chi connectivity index (χ1v) is 6.46. The molecular formula is C12H17IN2S. The maximum atomic E-state index is 4.61. The lowest BCUT2D eigenvalue weighted by atomic mass is 10.2. The molecule has 0 spiro atoms. The van der Waals surface area contributed by atoms with Crippen LogP contribution in [0.2, 0.25) is 0 Å². The molecule has 1 saturated carbocycles. The molecule has 0 saturated heterocycles. The van der Waals surface area contributed by atoms with E-state index in [1.807, 2.05) is 6.07 Å². The van der Waals surface area contributed by atoms with E-state index in [0.717, 1.165) is 10.9 Å². The summed E-state index contributed by atoms with van der Waals surface area (Å²) in [4.78, 5) is 4.61. The maximum Gasteiger partial charge on any atom is 0.161 e. The fourth-order valence-electron chi connectivity index (χ4n) is 1.33. The maximum absolute atomic E-state index is 4.61. The van der Waals surface area contributed by atoms with Gasteiger partial charge in [-0.2, -0.15) is 0 Å². The van der Waals surface area contributed by atoms with Crippen LogP contribution in [0.5, 0.6) is 0 Å². The van der Waals surface area contributed by atoms with Crippen LogP contribution in [0.25, 0.3) is 0 Å². The monoisotopic (exact) mass is 348 g/mol. The molecule has 1 aliphatic carbocycles. The summed E-state index contributed by atoms with van der Waals surface area (Å²) >= 11 is 1.68. The van der Waals surface area contributed by atoms with Gasteiger partial charge in [0, 0.05) is 5.69 Å². The van der Waals surface area contributed by atoms with Gasteiger partial charge in [-0.3, -0.25) is 4.99 Å². The zero-order valence-electron chi connectivity index (χ0n) is 9.56. The number of benzene rings is 1. The van der Waals surface area contributed by atoms with Gasteiger partial charge in [0.05, 0.1) is 6.04 Å². The minimum absolute atomic E-state index is 0. The lowest BCUT2D eigenvalue weighted by Gasteiger charge is -2.09. The Labute approximate surface area is 118 Å². The number of amidine groups is 1. The fourth-order valence-corrected chi connectivity index (χ4v) is 1.80. The van der Waals surface area contributed by atoms with Crippen molar-refractivity contribution in [3.05, 3.63) is 29.8 Å². The smallest absolute Gasteiger partial charge is 0.161 e. The molecule has 16 heavy (non-hydrogen) atoms. The Kier molecular flexibility index (Phi) is 5.61. The van der Waals surface area contributed by atoms with E-state index in [2.05, 4.69) is 41.7 Å². The molecule has 1 aromatic rings. The summed E-state index contributed by atoms with van der Waals surface area (Å²) < 4.78 is 0. The number of hydrogen-bond donors (Lipinski definition) is 1. The van der Waals surface area contributed by atoms with E-state index >= 15 is 0 Å². The lowest BCUT2D eigenvalue weighted by molar-refractivity contribution is 1.07. The van der Waals surface area contributed by atoms with Crippen LogP contribution in [-0.4, -0.2) is 17.5 Å². The van der Waals surface area contributed by atoms with Crippen molar-refractivity contribution in [3.63, 3.8) is 0 Å². The Balaban J connectivity index is 0.00000128. The molecule has 0 heterocycles. The van der Waals surface area contributed by atoms with Crippen LogP contribution in [0, 0.1) is 6.92 Å². The van der Waals surface area contributed by atoms with Gasteiger partial charge in [-0.05, 0) is 37.7 Å². The van der Waals surface area contributed by atoms with Gasteiger partial charge in [0.2, 0.25) is 0 Å². The number of anilines is 1. The summed E-state index contributed by atoms with van der Waals surface area (Å²) in [7, 11) is 0. The lowest BCUT2D eigenvalue weighted by Crippen LogP contribution is -2.09. The molecule has 0 unspecified atom stereocenters. The quantitative estimate of drug-likeness (QED) is 0.498. The number of hydrogen-bond acceptors (Lipinski definition) is 2. The largest absolute Gasteiger partial charge is 0.335 e. The van der Waals surface area contributed by atoms with Gasteiger partial charge in [0.1, 0.15) is 0 Å². The normalized spacial score (nSPS) is 15.5. The number of aryl methyl sites for hydroxylation is 1. The fraction of sp³-hybridized carbons (Fsp3) is 0.417. The van der Waals surface area contributed by atoms with E-state index in [9.17, 15) is 0 Å². The molecule has 1 aliphatic rings. The van der Waals surface area contributed by atoms with Crippen LogP contribution in [0.4, 0.5) is 5.69 Å². The second-order valence-corrected chi connectivity index (χ2v) is 4.60. The summed E-state index contributed by atoms with van der Waals surface area (Å²) in [5, 5.41) is 4.42. The predicted octanol–water partition coefficient (Wildman–Crippen LogP) is 3.91. The van der Waals surface area contributed by atoms with Crippen molar-refractivity contribution in [3.8, 4) is 0 Å². The van der Waals surface area contributed by atoms with Gasteiger partial charge >= 0.3 is 0 Å². The van der Waals surface area contributed by atoms with Crippen LogP contribution in [0.1, 0.15) is 18.4 Å². The number of para-hydroxylation sites is 1. The Morgan fingerprint density at radius 2 is 2.06 bits per heavy atom. The van der Waals surface area contributed by atoms with Crippen molar-refractivity contribution in [2.45, 2.75) is 25.8 Å². The topological polar surface area (TPSA) is 24.4 Å². The van der Waals surface area contributed by atoms with Crippen molar-refractivity contribution in [2.24, 2.45) is 4.99 Å². The molecule has 0 aliphatic heterocycles. The number of halogens is 1. The van der Waals surface area contributed by atoms with Gasteiger partial charge in [-0.25, -0.2) is 0 Å². The Hall–Kier alpha value is -0.230. The van der Waals surface area contributed by atoms with Crippen LogP contribution in [0.15, 0.2) is 29.3 Å². The summed E-state index contributed by atoms with van der Waals surface area (Å²) in [6.45, 7) is 2.11. The third-order valence-corrected chi connectivity index (χ3v) is 3.02. The molecule has 0 radical (unpaired) electrons. The molecule has 1 fully saturated rings. The SMILES string of the molecule is CSC(=NC1CC1)Nc1ccccc1C.I. The molecule has 0 amide bonds. The van der Waals surface area contributed by atoms with Gasteiger partial charge in [0.15, 0.2) is 5.17 Å². The van der Waals surface area contributed by atoms with Crippen molar-refractivity contribution < 1.29 is 0 Å². The zero-order chi connectivity index (χ0) is 10.7. The van der Waals surface area contributed by atoms with Gasteiger partial charge in [-0.15, -0.1) is 24.0 Å². The standard InChI is InChI=1S/C12H16N2S.HI/c1-9-5-3-4-6-11(9)14-12(15-2)13-10-7-8-10;/h3-6,10H,7-8H2,1-2H3,(H,13,14);1H. The summed E-state index contributed by atoms with van der Waals surface area (Å²) in [6.07, 6.45) is 4.56. The van der Waals surface area contributed by atoms with Crippen molar-refractivity contribution in [2.75, 3.05) is 11.6 Å². The predicted molar refractivity (Wildman–Crippen MR) is 84.2 cm³/mol. The van der Waals surface area contributed by atoms with Crippen molar-refractivity contribution in [1.82, 2.24) is 0 Å². The summed E-state index contributed by atoms with van der Waals surface area (Å²) in [6, 6.07) is 8.87. The highest BCUT2D eigenvalue weighted by Gasteiger charge is 2.20. The molecule has 4 heteroatoms. The first-order valence-electron chi connectivity index (χ1n) is 5.24. The second-order valence-electron chi connectivity index (χ2n) is 3.81. The van der Waals surface area contributed by atoms with Crippen LogP contribution >= 0.6 is 35.7 Å². The molecule has 2 rings (SSSR count). The van der Waals surface area contributed by atoms with E-state index < -0.39 is 0 Å². The number of nitrogens with zero attached hydrogens (tertiary/aromatic N) is 1. The highest BCUT2D eigenvalue weighted by molar-refractivity contribution is 14.0. The molecule has 0 bridgehead atoms. The zero-order valence-corrected chi connectivity index (χ0v) is 12.7. The summed E-state index contributed by atoms with van der Waals surface area (Å²) in [5.41, 5.74) is 2.42. The third-order valence-electron chi connectivity index (χ3n) is 2.43. The molecular weight excluding hydrogens is 331 g/mol. The average Bonchev–Trinajstić information content (AvgIpc) is 3.04. The number of rotatable bonds is 2. The second kappa shape index (κ2) is 6.49. The van der Waals surface area contributed by atoms with E-state index in [1.54, 1.807) is 11.8 Å². The average molecular weight is 348 g/mol. The minimum atomic E-state index is 0. The van der Waals surface area contributed by atoms with Gasteiger partial charge < -0.3 is 5.32 Å². The summed E-state index contributed by atoms with van der Waals surface area (Å²) in [5.74, 6) is 0. The first kappa shape index (κ1) is 13.8. The van der Waals surface area contributed by atoms with Gasteiger partial charge in [-0.1, -0.05) is 30.0 Å². The molecule has 0 aromatic heterocycles. The van der Waals surface area contributed by atoms with E-state index in [4.69, 9.17) is 0 Å². The molecule has 2 nitrogen and oxygen atoms in total. The highest BCUT2D eigenvalue weighted by atomic mass is 127. The first-order chi connectivity index (χ1) is 7.29. The number of thioether (sulfide) groups is 1. The Morgan fingerprint density at radius 1 is 1.38 bits per heavy atom. The van der Waals surface area contributed by atoms with Gasteiger partial charge in [0.25, 0.3) is 0 Å². The Morgan fingerprint density at radius 3 is 2.62 bits per heavy atom. The Bertz CT molecular complexity index is 375. The van der Waals surface area contributed by atoms with Crippen LogP contribution in [0.3, 0.4) is 0 Å². The number of aliphatic imine (C=N–C) groups is 1. The van der Waals surface area contributed by atoms with Crippen molar-refractivity contribution in [1.29, 1.82) is 0 Å². The molecule has 1 N–H and O–H groups in total. The minimum Gasteiger partial charge on any atom is -0.335 e. The van der Waals surface area contributed by atoms with Crippen LogP contribution < -0.4 is 5.32 Å².